The Labute approximate surface area is 88.0 Å². The van der Waals surface area contributed by atoms with Gasteiger partial charge >= 0.3 is 0 Å². The molecular formula is C7H6ClF2N3O2. The Morgan fingerprint density at radius 1 is 1.67 bits per heavy atom. The second-order valence-corrected chi connectivity index (χ2v) is 2.96. The summed E-state index contributed by atoms with van der Waals surface area (Å²) in [5, 5.41) is 9.91. The molecule has 1 aromatic rings. The summed E-state index contributed by atoms with van der Waals surface area (Å²) in [5.41, 5.74) is 3.64. The first-order chi connectivity index (χ1) is 6.97. The van der Waals surface area contributed by atoms with E-state index in [0.717, 1.165) is 6.07 Å². The molecule has 0 aliphatic carbocycles. The van der Waals surface area contributed by atoms with Crippen LogP contribution in [0.15, 0.2) is 6.07 Å². The van der Waals surface area contributed by atoms with Crippen LogP contribution in [0.25, 0.3) is 0 Å². The van der Waals surface area contributed by atoms with Gasteiger partial charge in [-0.3, -0.25) is 10.1 Å². The van der Waals surface area contributed by atoms with Gasteiger partial charge in [-0.05, 0) is 0 Å². The van der Waals surface area contributed by atoms with Crippen molar-refractivity contribution in [1.82, 2.24) is 4.98 Å². The molecule has 0 aromatic carbocycles. The summed E-state index contributed by atoms with van der Waals surface area (Å²) in [6.07, 6.45) is -3.04. The molecule has 0 amide bonds. The standard InChI is InChI=1S/C7H6ClF2N3O2/c8-6-5(7(9)10)4(13(14)15)1-3(2-11)12-6/h1,7H,2,11H2. The molecule has 5 nitrogen and oxygen atoms in total. The molecule has 0 aliphatic rings. The Hall–Kier alpha value is -1.34. The predicted molar refractivity (Wildman–Crippen MR) is 48.7 cm³/mol. The molecule has 2 N–H and O–H groups in total. The van der Waals surface area contributed by atoms with Crippen LogP contribution in [0.3, 0.4) is 0 Å². The van der Waals surface area contributed by atoms with Crippen molar-refractivity contribution in [2.75, 3.05) is 0 Å². The van der Waals surface area contributed by atoms with E-state index in [-0.39, 0.29) is 12.2 Å². The minimum Gasteiger partial charge on any atom is -0.325 e. The van der Waals surface area contributed by atoms with Gasteiger partial charge < -0.3 is 5.73 Å². The molecule has 0 unspecified atom stereocenters. The smallest absolute Gasteiger partial charge is 0.283 e. The number of nitrogens with zero attached hydrogens (tertiary/aromatic N) is 2. The first kappa shape index (κ1) is 11.7. The highest BCUT2D eigenvalue weighted by Gasteiger charge is 2.26. The van der Waals surface area contributed by atoms with Crippen molar-refractivity contribution in [3.05, 3.63) is 32.6 Å². The molecule has 0 radical (unpaired) electrons. The van der Waals surface area contributed by atoms with Crippen molar-refractivity contribution < 1.29 is 13.7 Å². The van der Waals surface area contributed by atoms with Gasteiger partial charge in [0.25, 0.3) is 12.1 Å². The normalized spacial score (nSPS) is 10.7. The lowest BCUT2D eigenvalue weighted by atomic mass is 10.2. The summed E-state index contributed by atoms with van der Waals surface area (Å²) in [6, 6.07) is 0.896. The lowest BCUT2D eigenvalue weighted by molar-refractivity contribution is -0.386. The van der Waals surface area contributed by atoms with Gasteiger partial charge in [0, 0.05) is 12.6 Å². The number of hydrogen-bond acceptors (Lipinski definition) is 4. The van der Waals surface area contributed by atoms with Crippen molar-refractivity contribution in [3.63, 3.8) is 0 Å². The average Bonchev–Trinajstić information content (AvgIpc) is 2.15. The Morgan fingerprint density at radius 2 is 2.27 bits per heavy atom. The van der Waals surface area contributed by atoms with Crippen molar-refractivity contribution in [2.24, 2.45) is 5.73 Å². The highest BCUT2D eigenvalue weighted by atomic mass is 35.5. The molecule has 1 aromatic heterocycles. The maximum Gasteiger partial charge on any atom is 0.283 e. The highest BCUT2D eigenvalue weighted by Crippen LogP contribution is 2.34. The zero-order valence-electron chi connectivity index (χ0n) is 7.28. The molecule has 0 aliphatic heterocycles. The minimum atomic E-state index is -3.04. The van der Waals surface area contributed by atoms with E-state index in [0.29, 0.717) is 0 Å². The number of nitro groups is 1. The highest BCUT2D eigenvalue weighted by molar-refractivity contribution is 6.30. The van der Waals surface area contributed by atoms with E-state index in [2.05, 4.69) is 4.98 Å². The Balaban J connectivity index is 3.42. The lowest BCUT2D eigenvalue weighted by Gasteiger charge is -2.05. The fourth-order valence-corrected chi connectivity index (χ4v) is 1.31. The Morgan fingerprint density at radius 3 is 2.67 bits per heavy atom. The van der Waals surface area contributed by atoms with E-state index >= 15 is 0 Å². The minimum absolute atomic E-state index is 0.0936. The summed E-state index contributed by atoms with van der Waals surface area (Å²) in [4.78, 5) is 13.1. The number of rotatable bonds is 3. The first-order valence-corrected chi connectivity index (χ1v) is 4.17. The van der Waals surface area contributed by atoms with E-state index in [4.69, 9.17) is 17.3 Å². The van der Waals surface area contributed by atoms with Crippen LogP contribution in [0.2, 0.25) is 5.15 Å². The molecule has 1 rings (SSSR count). The predicted octanol–water partition coefficient (Wildman–Crippen LogP) is 2.04. The van der Waals surface area contributed by atoms with Crippen molar-refractivity contribution in [1.29, 1.82) is 0 Å². The molecule has 0 fully saturated rings. The van der Waals surface area contributed by atoms with E-state index < -0.39 is 27.8 Å². The third-order valence-corrected chi connectivity index (χ3v) is 1.96. The number of halogens is 3. The Bertz CT molecular complexity index is 400. The fraction of sp³-hybridized carbons (Fsp3) is 0.286. The summed E-state index contributed by atoms with van der Waals surface area (Å²) in [5.74, 6) is 0. The molecule has 0 saturated carbocycles. The SMILES string of the molecule is NCc1cc([N+](=O)[O-])c(C(F)F)c(Cl)n1. The topological polar surface area (TPSA) is 82.0 Å². The lowest BCUT2D eigenvalue weighted by Crippen LogP contribution is -2.05. The Kier molecular flexibility index (Phi) is 3.48. The van der Waals surface area contributed by atoms with E-state index in [1.807, 2.05) is 0 Å². The van der Waals surface area contributed by atoms with Crippen LogP contribution < -0.4 is 5.73 Å². The second-order valence-electron chi connectivity index (χ2n) is 2.60. The molecule has 82 valence electrons. The summed E-state index contributed by atoms with van der Waals surface area (Å²) in [7, 11) is 0. The monoisotopic (exact) mass is 237 g/mol. The van der Waals surface area contributed by atoms with Gasteiger partial charge in [0.15, 0.2) is 0 Å². The number of nitrogens with two attached hydrogens (primary N) is 1. The van der Waals surface area contributed by atoms with Gasteiger partial charge in [-0.2, -0.15) is 0 Å². The molecule has 0 bridgehead atoms. The zero-order chi connectivity index (χ0) is 11.6. The van der Waals surface area contributed by atoms with Crippen LogP contribution >= 0.6 is 11.6 Å². The third kappa shape index (κ3) is 2.37. The van der Waals surface area contributed by atoms with Gasteiger partial charge in [0.2, 0.25) is 0 Å². The maximum atomic E-state index is 12.4. The van der Waals surface area contributed by atoms with Crippen molar-refractivity contribution in [2.45, 2.75) is 13.0 Å². The molecule has 15 heavy (non-hydrogen) atoms. The number of hydrogen-bond donors (Lipinski definition) is 1. The quantitative estimate of drug-likeness (QED) is 0.495. The molecule has 8 heteroatoms. The van der Waals surface area contributed by atoms with E-state index in [1.165, 1.54) is 0 Å². The maximum absolute atomic E-state index is 12.4. The van der Waals surface area contributed by atoms with Crippen LogP contribution in [0, 0.1) is 10.1 Å². The fourth-order valence-electron chi connectivity index (χ4n) is 1.02. The van der Waals surface area contributed by atoms with Gasteiger partial charge in [-0.1, -0.05) is 11.6 Å². The number of alkyl halides is 2. The number of pyridine rings is 1. The van der Waals surface area contributed by atoms with Crippen molar-refractivity contribution >= 4 is 17.3 Å². The summed E-state index contributed by atoms with van der Waals surface area (Å²) < 4.78 is 24.8. The first-order valence-electron chi connectivity index (χ1n) is 3.79. The molecule has 1 heterocycles. The van der Waals surface area contributed by atoms with Gasteiger partial charge in [-0.15, -0.1) is 0 Å². The third-order valence-electron chi connectivity index (χ3n) is 1.67. The zero-order valence-corrected chi connectivity index (χ0v) is 8.04. The van der Waals surface area contributed by atoms with Crippen LogP contribution in [-0.2, 0) is 6.54 Å². The van der Waals surface area contributed by atoms with E-state index in [1.54, 1.807) is 0 Å². The van der Waals surface area contributed by atoms with Crippen LogP contribution in [0.5, 0.6) is 0 Å². The molecule has 0 atom stereocenters. The largest absolute Gasteiger partial charge is 0.325 e. The molecular weight excluding hydrogens is 232 g/mol. The van der Waals surface area contributed by atoms with Crippen LogP contribution in [0.4, 0.5) is 14.5 Å². The van der Waals surface area contributed by atoms with E-state index in [9.17, 15) is 18.9 Å². The molecule has 0 spiro atoms. The molecule has 0 saturated heterocycles. The van der Waals surface area contributed by atoms with Crippen LogP contribution in [0.1, 0.15) is 17.7 Å². The van der Waals surface area contributed by atoms with Gasteiger partial charge in [0.1, 0.15) is 10.7 Å². The average molecular weight is 238 g/mol. The summed E-state index contributed by atoms with van der Waals surface area (Å²) in [6.45, 7) is -0.107. The van der Waals surface area contributed by atoms with Crippen LogP contribution in [-0.4, -0.2) is 9.91 Å². The van der Waals surface area contributed by atoms with Gasteiger partial charge in [-0.25, -0.2) is 13.8 Å². The van der Waals surface area contributed by atoms with Crippen molar-refractivity contribution in [3.8, 4) is 0 Å². The summed E-state index contributed by atoms with van der Waals surface area (Å²) >= 11 is 5.40. The number of aromatic nitrogens is 1. The second kappa shape index (κ2) is 4.45. The van der Waals surface area contributed by atoms with Gasteiger partial charge in [0.05, 0.1) is 10.6 Å².